The van der Waals surface area contributed by atoms with Crippen LogP contribution in [0.3, 0.4) is 0 Å². The molecule has 0 aromatic heterocycles. The number of nitrogens with two attached hydrogens (primary N) is 1. The SMILES string of the molecule is NC(=O)Cc1cccc(Cl)c1C(=O)c1c(F)cccc1Cl. The van der Waals surface area contributed by atoms with Crippen LogP contribution >= 0.6 is 23.2 Å². The highest BCUT2D eigenvalue weighted by molar-refractivity contribution is 6.38. The fourth-order valence-corrected chi connectivity index (χ4v) is 2.53. The van der Waals surface area contributed by atoms with Gasteiger partial charge in [0.15, 0.2) is 5.78 Å². The zero-order chi connectivity index (χ0) is 15.6. The summed E-state index contributed by atoms with van der Waals surface area (Å²) in [5, 5.41) is 0.0861. The lowest BCUT2D eigenvalue weighted by atomic mass is 9.96. The standard InChI is InChI=1S/C15H10Cl2FNO2/c16-9-4-1-3-8(7-12(19)20)13(9)15(21)14-10(17)5-2-6-11(14)18/h1-6H,7H2,(H2,19,20). The highest BCUT2D eigenvalue weighted by Crippen LogP contribution is 2.28. The van der Waals surface area contributed by atoms with Gasteiger partial charge in [-0.2, -0.15) is 0 Å². The number of ketones is 1. The Balaban J connectivity index is 2.61. The normalized spacial score (nSPS) is 10.4. The fraction of sp³-hybridized carbons (Fsp3) is 0.0667. The second-order valence-corrected chi connectivity index (χ2v) is 5.16. The van der Waals surface area contributed by atoms with Crippen molar-refractivity contribution in [3.8, 4) is 0 Å². The molecule has 3 nitrogen and oxygen atoms in total. The molecule has 0 spiro atoms. The molecule has 0 saturated carbocycles. The minimum Gasteiger partial charge on any atom is -0.369 e. The predicted octanol–water partition coefficient (Wildman–Crippen LogP) is 3.39. The number of carbonyl (C=O) groups is 2. The zero-order valence-corrected chi connectivity index (χ0v) is 12.2. The molecule has 108 valence electrons. The van der Waals surface area contributed by atoms with Gasteiger partial charge in [0.05, 0.1) is 22.0 Å². The summed E-state index contributed by atoms with van der Waals surface area (Å²) >= 11 is 11.9. The van der Waals surface area contributed by atoms with Gasteiger partial charge in [0.25, 0.3) is 0 Å². The molecule has 0 bridgehead atoms. The molecule has 0 unspecified atom stereocenters. The van der Waals surface area contributed by atoms with Gasteiger partial charge < -0.3 is 5.73 Å². The van der Waals surface area contributed by atoms with Crippen molar-refractivity contribution in [1.82, 2.24) is 0 Å². The minimum absolute atomic E-state index is 0.0232. The maximum atomic E-state index is 13.9. The number of benzene rings is 2. The molecule has 0 saturated heterocycles. The molecule has 0 radical (unpaired) electrons. The van der Waals surface area contributed by atoms with Gasteiger partial charge in [-0.3, -0.25) is 9.59 Å². The van der Waals surface area contributed by atoms with Crippen LogP contribution < -0.4 is 5.73 Å². The summed E-state index contributed by atoms with van der Waals surface area (Å²) in [6.45, 7) is 0. The Bertz CT molecular complexity index is 711. The van der Waals surface area contributed by atoms with E-state index >= 15 is 0 Å². The molecule has 1 amide bonds. The first-order chi connectivity index (χ1) is 9.91. The number of carbonyl (C=O) groups excluding carboxylic acids is 2. The summed E-state index contributed by atoms with van der Waals surface area (Å²) in [6, 6.07) is 8.53. The summed E-state index contributed by atoms with van der Waals surface area (Å²) in [7, 11) is 0. The Labute approximate surface area is 130 Å². The van der Waals surface area contributed by atoms with Crippen LogP contribution in [0.4, 0.5) is 4.39 Å². The zero-order valence-electron chi connectivity index (χ0n) is 10.7. The van der Waals surface area contributed by atoms with E-state index in [9.17, 15) is 14.0 Å². The molecule has 0 heterocycles. The van der Waals surface area contributed by atoms with Gasteiger partial charge in [0.1, 0.15) is 5.82 Å². The van der Waals surface area contributed by atoms with Gasteiger partial charge in [0.2, 0.25) is 5.91 Å². The van der Waals surface area contributed by atoms with Gasteiger partial charge in [-0.25, -0.2) is 4.39 Å². The number of primary amides is 1. The molecule has 0 fully saturated rings. The molecule has 0 aliphatic heterocycles. The molecule has 2 aromatic carbocycles. The molecular weight excluding hydrogens is 316 g/mol. The van der Waals surface area contributed by atoms with Crippen molar-refractivity contribution in [1.29, 1.82) is 0 Å². The van der Waals surface area contributed by atoms with Crippen LogP contribution in [0.1, 0.15) is 21.5 Å². The van der Waals surface area contributed by atoms with Crippen molar-refractivity contribution in [2.24, 2.45) is 5.73 Å². The van der Waals surface area contributed by atoms with Crippen LogP contribution in [0.2, 0.25) is 10.0 Å². The summed E-state index contributed by atoms with van der Waals surface area (Å²) in [6.07, 6.45) is -0.173. The van der Waals surface area contributed by atoms with E-state index in [2.05, 4.69) is 0 Å². The van der Waals surface area contributed by atoms with Crippen molar-refractivity contribution < 1.29 is 14.0 Å². The number of hydrogen-bond acceptors (Lipinski definition) is 2. The lowest BCUT2D eigenvalue weighted by molar-refractivity contribution is -0.117. The minimum atomic E-state index is -0.752. The largest absolute Gasteiger partial charge is 0.369 e. The van der Waals surface area contributed by atoms with Crippen molar-refractivity contribution in [2.45, 2.75) is 6.42 Å². The maximum Gasteiger partial charge on any atom is 0.221 e. The van der Waals surface area contributed by atoms with Crippen LogP contribution in [0.5, 0.6) is 0 Å². The third-order valence-corrected chi connectivity index (χ3v) is 3.51. The Hall–Kier alpha value is -1.91. The first-order valence-corrected chi connectivity index (χ1v) is 6.71. The Morgan fingerprint density at radius 2 is 1.57 bits per heavy atom. The van der Waals surface area contributed by atoms with E-state index in [4.69, 9.17) is 28.9 Å². The second-order valence-electron chi connectivity index (χ2n) is 4.34. The van der Waals surface area contributed by atoms with Crippen LogP contribution in [0, 0.1) is 5.82 Å². The predicted molar refractivity (Wildman–Crippen MR) is 79.2 cm³/mol. The van der Waals surface area contributed by atoms with Crippen molar-refractivity contribution in [2.75, 3.05) is 0 Å². The summed E-state index contributed by atoms with van der Waals surface area (Å²) in [5.74, 6) is -2.05. The monoisotopic (exact) mass is 325 g/mol. The topological polar surface area (TPSA) is 60.2 Å². The first kappa shape index (κ1) is 15.5. The molecule has 2 N–H and O–H groups in total. The van der Waals surface area contributed by atoms with Gasteiger partial charge in [-0.05, 0) is 23.8 Å². The third-order valence-electron chi connectivity index (χ3n) is 2.88. The Kier molecular flexibility index (Phi) is 4.60. The molecule has 0 atom stereocenters. The van der Waals surface area contributed by atoms with E-state index in [0.29, 0.717) is 5.56 Å². The lowest BCUT2D eigenvalue weighted by Crippen LogP contribution is -2.17. The molecule has 0 aliphatic carbocycles. The number of hydrogen-bond donors (Lipinski definition) is 1. The fourth-order valence-electron chi connectivity index (χ4n) is 2.00. The molecule has 21 heavy (non-hydrogen) atoms. The number of rotatable bonds is 4. The average molecular weight is 326 g/mol. The van der Waals surface area contributed by atoms with Gasteiger partial charge in [-0.1, -0.05) is 41.4 Å². The van der Waals surface area contributed by atoms with Gasteiger partial charge in [0, 0.05) is 5.56 Å². The Morgan fingerprint density at radius 3 is 2.14 bits per heavy atom. The van der Waals surface area contributed by atoms with Crippen molar-refractivity contribution in [3.05, 3.63) is 69.0 Å². The van der Waals surface area contributed by atoms with Crippen LogP contribution in [-0.4, -0.2) is 11.7 Å². The number of halogens is 3. The van der Waals surface area contributed by atoms with Crippen molar-refractivity contribution >= 4 is 34.9 Å². The quantitative estimate of drug-likeness (QED) is 0.876. The summed E-state index contributed by atoms with van der Waals surface area (Å²) in [4.78, 5) is 23.6. The van der Waals surface area contributed by atoms with E-state index in [0.717, 1.165) is 6.07 Å². The third kappa shape index (κ3) is 3.23. The van der Waals surface area contributed by atoms with Crippen LogP contribution in [0.25, 0.3) is 0 Å². The highest BCUT2D eigenvalue weighted by Gasteiger charge is 2.23. The van der Waals surface area contributed by atoms with Crippen molar-refractivity contribution in [3.63, 3.8) is 0 Å². The maximum absolute atomic E-state index is 13.9. The van der Waals surface area contributed by atoms with Crippen LogP contribution in [-0.2, 0) is 11.2 Å². The molecule has 2 aromatic rings. The second kappa shape index (κ2) is 6.24. The number of amides is 1. The van der Waals surface area contributed by atoms with Gasteiger partial charge in [-0.15, -0.1) is 0 Å². The molecule has 6 heteroatoms. The smallest absolute Gasteiger partial charge is 0.221 e. The van der Waals surface area contributed by atoms with E-state index in [-0.39, 0.29) is 27.6 Å². The summed E-state index contributed by atoms with van der Waals surface area (Å²) in [5.41, 5.74) is 5.23. The first-order valence-electron chi connectivity index (χ1n) is 5.96. The van der Waals surface area contributed by atoms with Crippen LogP contribution in [0.15, 0.2) is 36.4 Å². The highest BCUT2D eigenvalue weighted by atomic mass is 35.5. The van der Waals surface area contributed by atoms with Gasteiger partial charge >= 0.3 is 0 Å². The molecule has 0 aliphatic rings. The van der Waals surface area contributed by atoms with E-state index in [1.165, 1.54) is 18.2 Å². The molecule has 2 rings (SSSR count). The lowest BCUT2D eigenvalue weighted by Gasteiger charge is -2.11. The average Bonchev–Trinajstić information content (AvgIpc) is 2.37. The molecular formula is C15H10Cl2FNO2. The Morgan fingerprint density at radius 1 is 1.00 bits per heavy atom. The summed E-state index contributed by atoms with van der Waals surface area (Å²) < 4.78 is 13.9. The van der Waals surface area contributed by atoms with E-state index in [1.54, 1.807) is 12.1 Å². The van der Waals surface area contributed by atoms with E-state index in [1.807, 2.05) is 0 Å². The van der Waals surface area contributed by atoms with E-state index < -0.39 is 17.5 Å².